The van der Waals surface area contributed by atoms with Gasteiger partial charge in [0.15, 0.2) is 11.5 Å². The molecule has 0 saturated carbocycles. The maximum atomic E-state index is 13.5. The highest BCUT2D eigenvalue weighted by atomic mass is 19.1. The average molecular weight is 288 g/mol. The van der Waals surface area contributed by atoms with Crippen LogP contribution in [0.1, 0.15) is 24.5 Å². The molecule has 1 heterocycles. The van der Waals surface area contributed by atoms with Gasteiger partial charge in [0.1, 0.15) is 24.6 Å². The van der Waals surface area contributed by atoms with Crippen LogP contribution in [0.2, 0.25) is 0 Å². The van der Waals surface area contributed by atoms with Crippen molar-refractivity contribution in [2.24, 2.45) is 0 Å². The van der Waals surface area contributed by atoms with Crippen LogP contribution in [0.4, 0.5) is 4.39 Å². The number of fused-ring (bicyclic) bond motifs is 1. The number of rotatable bonds is 3. The van der Waals surface area contributed by atoms with Crippen LogP contribution in [0.3, 0.4) is 0 Å². The Kier molecular flexibility index (Phi) is 3.55. The van der Waals surface area contributed by atoms with Crippen LogP contribution < -0.4 is 9.47 Å². The van der Waals surface area contributed by atoms with Crippen molar-refractivity contribution in [3.8, 4) is 11.5 Å². The Morgan fingerprint density at radius 2 is 1.76 bits per heavy atom. The Balaban J connectivity index is 2.06. The van der Waals surface area contributed by atoms with Crippen molar-refractivity contribution in [3.05, 3.63) is 59.4 Å². The second-order valence-electron chi connectivity index (χ2n) is 5.08. The zero-order valence-electron chi connectivity index (χ0n) is 11.8. The molecule has 1 unspecified atom stereocenters. The lowest BCUT2D eigenvalue weighted by atomic mass is 9.84. The summed E-state index contributed by atoms with van der Waals surface area (Å²) in [6.07, 6.45) is 0.427. The first-order valence-electron chi connectivity index (χ1n) is 7.02. The molecule has 0 bridgehead atoms. The SMILES string of the molecule is CCC(O)(c1cccc(F)c1)c1ccc2c(c1)OCCO2. The predicted octanol–water partition coefficient (Wildman–Crippen LogP) is 3.24. The number of ether oxygens (including phenoxy) is 2. The molecule has 0 radical (unpaired) electrons. The lowest BCUT2D eigenvalue weighted by Gasteiger charge is -2.29. The summed E-state index contributed by atoms with van der Waals surface area (Å²) >= 11 is 0. The van der Waals surface area contributed by atoms with E-state index in [0.717, 1.165) is 0 Å². The third kappa shape index (κ3) is 2.47. The fraction of sp³-hybridized carbons (Fsp3) is 0.294. The molecule has 0 aromatic heterocycles. The van der Waals surface area contributed by atoms with E-state index in [0.29, 0.717) is 42.3 Å². The van der Waals surface area contributed by atoms with E-state index in [2.05, 4.69) is 0 Å². The molecule has 0 amide bonds. The van der Waals surface area contributed by atoms with Gasteiger partial charge in [0.05, 0.1) is 0 Å². The van der Waals surface area contributed by atoms with E-state index in [1.54, 1.807) is 30.3 Å². The van der Waals surface area contributed by atoms with Crippen molar-refractivity contribution in [1.29, 1.82) is 0 Å². The van der Waals surface area contributed by atoms with Crippen LogP contribution in [-0.2, 0) is 5.60 Å². The topological polar surface area (TPSA) is 38.7 Å². The molecule has 0 fully saturated rings. The summed E-state index contributed by atoms with van der Waals surface area (Å²) in [5.74, 6) is 0.918. The van der Waals surface area contributed by atoms with Crippen LogP contribution in [0.15, 0.2) is 42.5 Å². The first-order chi connectivity index (χ1) is 10.1. The summed E-state index contributed by atoms with van der Waals surface area (Å²) in [4.78, 5) is 0. The average Bonchev–Trinajstić information content (AvgIpc) is 2.53. The Morgan fingerprint density at radius 3 is 2.48 bits per heavy atom. The zero-order valence-corrected chi connectivity index (χ0v) is 11.8. The van der Waals surface area contributed by atoms with Crippen molar-refractivity contribution in [3.63, 3.8) is 0 Å². The van der Waals surface area contributed by atoms with E-state index < -0.39 is 5.60 Å². The van der Waals surface area contributed by atoms with Gasteiger partial charge in [0.2, 0.25) is 0 Å². The van der Waals surface area contributed by atoms with Crippen LogP contribution >= 0.6 is 0 Å². The molecule has 0 spiro atoms. The minimum Gasteiger partial charge on any atom is -0.486 e. The lowest BCUT2D eigenvalue weighted by molar-refractivity contribution is 0.0753. The smallest absolute Gasteiger partial charge is 0.161 e. The number of hydrogen-bond acceptors (Lipinski definition) is 3. The summed E-state index contributed by atoms with van der Waals surface area (Å²) in [6.45, 7) is 2.87. The van der Waals surface area contributed by atoms with E-state index in [1.807, 2.05) is 6.92 Å². The predicted molar refractivity (Wildman–Crippen MR) is 77.1 cm³/mol. The summed E-state index contributed by atoms with van der Waals surface area (Å²) in [7, 11) is 0. The summed E-state index contributed by atoms with van der Waals surface area (Å²) in [5.41, 5.74) is -0.0562. The highest BCUT2D eigenvalue weighted by molar-refractivity contribution is 5.48. The van der Waals surface area contributed by atoms with Crippen LogP contribution in [0, 0.1) is 5.82 Å². The third-order valence-electron chi connectivity index (χ3n) is 3.83. The van der Waals surface area contributed by atoms with Crippen LogP contribution in [0.25, 0.3) is 0 Å². The number of hydrogen-bond donors (Lipinski definition) is 1. The number of halogens is 1. The van der Waals surface area contributed by atoms with Gasteiger partial charge in [-0.1, -0.05) is 25.1 Å². The molecule has 1 N–H and O–H groups in total. The first-order valence-corrected chi connectivity index (χ1v) is 7.02. The van der Waals surface area contributed by atoms with E-state index in [4.69, 9.17) is 9.47 Å². The monoisotopic (exact) mass is 288 g/mol. The van der Waals surface area contributed by atoms with Gasteiger partial charge in [-0.25, -0.2) is 4.39 Å². The van der Waals surface area contributed by atoms with Crippen molar-refractivity contribution >= 4 is 0 Å². The summed E-state index contributed by atoms with van der Waals surface area (Å²) < 4.78 is 24.5. The molecule has 3 nitrogen and oxygen atoms in total. The Morgan fingerprint density at radius 1 is 1.05 bits per heavy atom. The molecule has 2 aromatic carbocycles. The molecule has 0 aliphatic carbocycles. The van der Waals surface area contributed by atoms with Gasteiger partial charge in [0.25, 0.3) is 0 Å². The highest BCUT2D eigenvalue weighted by Gasteiger charge is 2.31. The summed E-state index contributed by atoms with van der Waals surface area (Å²) in [6, 6.07) is 11.4. The van der Waals surface area contributed by atoms with Gasteiger partial charge >= 0.3 is 0 Å². The molecule has 0 saturated heterocycles. The minimum atomic E-state index is -1.25. The van der Waals surface area contributed by atoms with E-state index >= 15 is 0 Å². The van der Waals surface area contributed by atoms with Crippen molar-refractivity contribution < 1.29 is 19.0 Å². The van der Waals surface area contributed by atoms with E-state index in [9.17, 15) is 9.50 Å². The van der Waals surface area contributed by atoms with Crippen LogP contribution in [0.5, 0.6) is 11.5 Å². The van der Waals surface area contributed by atoms with Crippen molar-refractivity contribution in [2.45, 2.75) is 18.9 Å². The van der Waals surface area contributed by atoms with Gasteiger partial charge < -0.3 is 14.6 Å². The summed E-state index contributed by atoms with van der Waals surface area (Å²) in [5, 5.41) is 11.0. The largest absolute Gasteiger partial charge is 0.486 e. The fourth-order valence-electron chi connectivity index (χ4n) is 2.62. The number of benzene rings is 2. The van der Waals surface area contributed by atoms with Gasteiger partial charge in [-0.2, -0.15) is 0 Å². The van der Waals surface area contributed by atoms with Crippen molar-refractivity contribution in [2.75, 3.05) is 13.2 Å². The Bertz CT molecular complexity index is 656. The fourth-order valence-corrected chi connectivity index (χ4v) is 2.62. The molecule has 21 heavy (non-hydrogen) atoms. The molecule has 1 aliphatic heterocycles. The van der Waals surface area contributed by atoms with Crippen molar-refractivity contribution in [1.82, 2.24) is 0 Å². The van der Waals surface area contributed by atoms with Gasteiger partial charge in [-0.05, 0) is 41.8 Å². The first kappa shape index (κ1) is 13.9. The third-order valence-corrected chi connectivity index (χ3v) is 3.83. The van der Waals surface area contributed by atoms with Gasteiger partial charge in [-0.3, -0.25) is 0 Å². The normalized spacial score (nSPS) is 16.3. The van der Waals surface area contributed by atoms with Gasteiger partial charge in [0, 0.05) is 0 Å². The lowest BCUT2D eigenvalue weighted by Crippen LogP contribution is -2.27. The minimum absolute atomic E-state index is 0.364. The van der Waals surface area contributed by atoms with E-state index in [-0.39, 0.29) is 5.82 Å². The maximum absolute atomic E-state index is 13.5. The highest BCUT2D eigenvalue weighted by Crippen LogP contribution is 2.39. The second kappa shape index (κ2) is 5.37. The van der Waals surface area contributed by atoms with E-state index in [1.165, 1.54) is 12.1 Å². The maximum Gasteiger partial charge on any atom is 0.161 e. The molecular weight excluding hydrogens is 271 g/mol. The quantitative estimate of drug-likeness (QED) is 0.942. The molecule has 3 rings (SSSR count). The molecule has 110 valence electrons. The standard InChI is InChI=1S/C17H17FO3/c1-2-17(19,12-4-3-5-14(18)10-12)13-6-7-15-16(11-13)21-9-8-20-15/h3-7,10-11,19H,2,8-9H2,1H3. The Labute approximate surface area is 122 Å². The molecule has 2 aromatic rings. The molecule has 1 aliphatic rings. The number of aliphatic hydroxyl groups is 1. The van der Waals surface area contributed by atoms with Crippen LogP contribution in [-0.4, -0.2) is 18.3 Å². The second-order valence-corrected chi connectivity index (χ2v) is 5.08. The Hall–Kier alpha value is -2.07. The molecular formula is C17H17FO3. The van der Waals surface area contributed by atoms with Gasteiger partial charge in [-0.15, -0.1) is 0 Å². The molecule has 4 heteroatoms. The molecule has 1 atom stereocenters. The zero-order chi connectivity index (χ0) is 14.9.